The Morgan fingerprint density at radius 2 is 2.04 bits per heavy atom. The first-order valence-corrected chi connectivity index (χ1v) is 8.91. The molecule has 2 unspecified atom stereocenters. The predicted octanol–water partition coefficient (Wildman–Crippen LogP) is 1.84. The SMILES string of the molecule is O=C(O)/C=C(\C(=O)O)C1(Cl)c2c3c(n4c2C(=CC1F)CC4)CCNCC3. The number of carbonyl (C=O) groups is 2. The second kappa shape index (κ2) is 5.96. The molecule has 0 spiro atoms. The normalized spacial score (nSPS) is 27.4. The summed E-state index contributed by atoms with van der Waals surface area (Å²) in [6.07, 6.45) is 2.06. The van der Waals surface area contributed by atoms with Crippen molar-refractivity contribution in [1.82, 2.24) is 9.88 Å². The van der Waals surface area contributed by atoms with Gasteiger partial charge in [-0.15, -0.1) is 11.6 Å². The lowest BCUT2D eigenvalue weighted by molar-refractivity contribution is -0.135. The highest BCUT2D eigenvalue weighted by Gasteiger charge is 2.53. The van der Waals surface area contributed by atoms with E-state index < -0.39 is 28.6 Å². The smallest absolute Gasteiger partial charge is 0.334 e. The number of hydrogen-bond acceptors (Lipinski definition) is 3. The summed E-state index contributed by atoms with van der Waals surface area (Å²) >= 11 is 6.69. The quantitative estimate of drug-likeness (QED) is 0.550. The summed E-state index contributed by atoms with van der Waals surface area (Å²) in [6.45, 7) is 2.16. The van der Waals surface area contributed by atoms with Crippen LogP contribution in [-0.2, 0) is 33.8 Å². The van der Waals surface area contributed by atoms with Crippen LogP contribution < -0.4 is 5.32 Å². The van der Waals surface area contributed by atoms with Crippen molar-refractivity contribution in [2.24, 2.45) is 0 Å². The molecule has 0 radical (unpaired) electrons. The van der Waals surface area contributed by atoms with Gasteiger partial charge in [0.05, 0.1) is 5.57 Å². The van der Waals surface area contributed by atoms with Gasteiger partial charge in [-0.05, 0) is 36.6 Å². The highest BCUT2D eigenvalue weighted by atomic mass is 35.5. The minimum atomic E-state index is -2.05. The maximum Gasteiger partial charge on any atom is 0.334 e. The second-order valence-electron chi connectivity index (χ2n) is 6.81. The predicted molar refractivity (Wildman–Crippen MR) is 93.1 cm³/mol. The van der Waals surface area contributed by atoms with Crippen molar-refractivity contribution in [1.29, 1.82) is 0 Å². The third kappa shape index (κ3) is 2.27. The fourth-order valence-corrected chi connectivity index (χ4v) is 4.87. The standard InChI is InChI=1S/C18H18ClFN2O4/c19-18(11(17(25)26)8-14(23)24)13(20)7-9-3-6-22-12-2-5-21-4-1-10(12)15(18)16(9)22/h7-8,13,21H,1-6H2,(H,23,24)(H,25,26)/b11-8+. The molecule has 1 aromatic rings. The van der Waals surface area contributed by atoms with Crippen molar-refractivity contribution in [3.63, 3.8) is 0 Å². The monoisotopic (exact) mass is 380 g/mol. The molecule has 0 saturated carbocycles. The number of carboxylic acids is 2. The number of carboxylic acid groups (broad SMARTS) is 2. The van der Waals surface area contributed by atoms with Gasteiger partial charge in [-0.2, -0.15) is 0 Å². The van der Waals surface area contributed by atoms with Crippen molar-refractivity contribution < 1.29 is 24.2 Å². The third-order valence-electron chi connectivity index (χ3n) is 5.46. The van der Waals surface area contributed by atoms with Crippen LogP contribution in [0.1, 0.15) is 28.9 Å². The molecule has 4 rings (SSSR count). The van der Waals surface area contributed by atoms with Gasteiger partial charge in [0.2, 0.25) is 0 Å². The molecule has 0 saturated heterocycles. The zero-order valence-electron chi connectivity index (χ0n) is 13.9. The van der Waals surface area contributed by atoms with Gasteiger partial charge >= 0.3 is 11.9 Å². The number of hydrogen-bond donors (Lipinski definition) is 3. The molecule has 138 valence electrons. The maximum atomic E-state index is 15.3. The Bertz CT molecular complexity index is 888. The molecule has 3 aliphatic rings. The van der Waals surface area contributed by atoms with Crippen LogP contribution in [0.15, 0.2) is 17.7 Å². The summed E-state index contributed by atoms with van der Waals surface area (Å²) in [6, 6.07) is 0. The Morgan fingerprint density at radius 1 is 1.31 bits per heavy atom. The van der Waals surface area contributed by atoms with E-state index in [2.05, 4.69) is 9.88 Å². The first kappa shape index (κ1) is 17.3. The average Bonchev–Trinajstić information content (AvgIpc) is 3.01. The first-order valence-electron chi connectivity index (χ1n) is 8.53. The highest BCUT2D eigenvalue weighted by Crippen LogP contribution is 2.54. The molecule has 0 fully saturated rings. The molecule has 8 heteroatoms. The Morgan fingerprint density at radius 3 is 2.73 bits per heavy atom. The number of allylic oxidation sites excluding steroid dienone is 2. The molecular weight excluding hydrogens is 363 g/mol. The van der Waals surface area contributed by atoms with Crippen LogP contribution in [0.25, 0.3) is 5.57 Å². The highest BCUT2D eigenvalue weighted by molar-refractivity contribution is 6.30. The van der Waals surface area contributed by atoms with Crippen LogP contribution in [-0.4, -0.2) is 46.0 Å². The fourth-order valence-electron chi connectivity index (χ4n) is 4.46. The summed E-state index contributed by atoms with van der Waals surface area (Å²) in [5.41, 5.74) is 3.29. The number of nitrogens with one attached hydrogen (secondary N) is 1. The van der Waals surface area contributed by atoms with Crippen molar-refractivity contribution in [2.45, 2.75) is 36.9 Å². The number of nitrogens with zero attached hydrogens (tertiary/aromatic N) is 1. The molecule has 1 aliphatic carbocycles. The molecule has 0 amide bonds. The molecule has 2 aliphatic heterocycles. The van der Waals surface area contributed by atoms with Gasteiger partial charge in [0.25, 0.3) is 0 Å². The Hall–Kier alpha value is -2.12. The van der Waals surface area contributed by atoms with Gasteiger partial charge in [0.15, 0.2) is 0 Å². The lowest BCUT2D eigenvalue weighted by Crippen LogP contribution is -2.39. The van der Waals surface area contributed by atoms with E-state index in [4.69, 9.17) is 16.7 Å². The van der Waals surface area contributed by atoms with Gasteiger partial charge < -0.3 is 20.1 Å². The van der Waals surface area contributed by atoms with E-state index in [0.717, 1.165) is 35.5 Å². The zero-order valence-corrected chi connectivity index (χ0v) is 14.6. The Kier molecular flexibility index (Phi) is 3.96. The first-order chi connectivity index (χ1) is 12.4. The summed E-state index contributed by atoms with van der Waals surface area (Å²) in [4.78, 5) is 21.0. The molecule has 3 heterocycles. The Labute approximate surface area is 153 Å². The summed E-state index contributed by atoms with van der Waals surface area (Å²) in [5, 5.41) is 22.0. The molecule has 0 aromatic carbocycles. The number of aliphatic carboxylic acids is 2. The molecule has 6 nitrogen and oxygen atoms in total. The van der Waals surface area contributed by atoms with E-state index in [1.165, 1.54) is 6.08 Å². The zero-order chi connectivity index (χ0) is 18.6. The van der Waals surface area contributed by atoms with E-state index in [-0.39, 0.29) is 0 Å². The Balaban J connectivity index is 2.03. The summed E-state index contributed by atoms with van der Waals surface area (Å²) in [7, 11) is 0. The minimum absolute atomic E-state index is 0.440. The largest absolute Gasteiger partial charge is 0.478 e. The molecule has 2 atom stereocenters. The summed E-state index contributed by atoms with van der Waals surface area (Å²) in [5.74, 6) is -2.99. The minimum Gasteiger partial charge on any atom is -0.478 e. The van der Waals surface area contributed by atoms with Crippen molar-refractivity contribution in [3.8, 4) is 0 Å². The van der Waals surface area contributed by atoms with Crippen molar-refractivity contribution in [3.05, 3.63) is 40.2 Å². The number of halogens is 2. The number of rotatable bonds is 3. The van der Waals surface area contributed by atoms with Crippen molar-refractivity contribution in [2.75, 3.05) is 13.1 Å². The maximum absolute atomic E-state index is 15.3. The second-order valence-corrected chi connectivity index (χ2v) is 7.40. The van der Waals surface area contributed by atoms with Gasteiger partial charge in [0, 0.05) is 42.5 Å². The van der Waals surface area contributed by atoms with E-state index >= 15 is 4.39 Å². The summed E-state index contributed by atoms with van der Waals surface area (Å²) < 4.78 is 17.4. The number of fused-ring (bicyclic) bond motifs is 3. The molecule has 0 bridgehead atoms. The number of alkyl halides is 2. The van der Waals surface area contributed by atoms with Crippen LogP contribution in [0.5, 0.6) is 0 Å². The van der Waals surface area contributed by atoms with Gasteiger partial charge in [-0.3, -0.25) is 0 Å². The van der Waals surface area contributed by atoms with Crippen molar-refractivity contribution >= 4 is 29.1 Å². The number of aromatic nitrogens is 1. The van der Waals surface area contributed by atoms with Gasteiger partial charge in [0.1, 0.15) is 11.0 Å². The van der Waals surface area contributed by atoms with E-state index in [1.807, 2.05) is 0 Å². The molecular formula is C18H18ClFN2O4. The molecule has 1 aromatic heterocycles. The van der Waals surface area contributed by atoms with Crippen LogP contribution in [0.2, 0.25) is 0 Å². The average molecular weight is 381 g/mol. The van der Waals surface area contributed by atoms with Crippen LogP contribution >= 0.6 is 11.6 Å². The fraction of sp³-hybridized carbons (Fsp3) is 0.444. The van der Waals surface area contributed by atoms with Crippen LogP contribution in [0.4, 0.5) is 4.39 Å². The van der Waals surface area contributed by atoms with Gasteiger partial charge in [-0.1, -0.05) is 0 Å². The van der Waals surface area contributed by atoms with Crippen LogP contribution in [0.3, 0.4) is 0 Å². The van der Waals surface area contributed by atoms with Crippen LogP contribution in [0, 0.1) is 0 Å². The lowest BCUT2D eigenvalue weighted by atomic mass is 9.77. The van der Waals surface area contributed by atoms with E-state index in [1.54, 1.807) is 0 Å². The van der Waals surface area contributed by atoms with E-state index in [9.17, 15) is 14.7 Å². The third-order valence-corrected chi connectivity index (χ3v) is 6.06. The van der Waals surface area contributed by atoms with Gasteiger partial charge in [-0.25, -0.2) is 14.0 Å². The van der Waals surface area contributed by atoms with E-state index in [0.29, 0.717) is 37.6 Å². The lowest BCUT2D eigenvalue weighted by Gasteiger charge is -2.35. The molecule has 26 heavy (non-hydrogen) atoms. The topological polar surface area (TPSA) is 91.6 Å². The molecule has 3 N–H and O–H groups in total.